The van der Waals surface area contributed by atoms with Crippen LogP contribution in [-0.4, -0.2) is 59.1 Å². The Morgan fingerprint density at radius 3 is 2.65 bits per heavy atom. The van der Waals surface area contributed by atoms with Gasteiger partial charge in [0.25, 0.3) is 5.56 Å². The van der Waals surface area contributed by atoms with E-state index < -0.39 is 0 Å². The third kappa shape index (κ3) is 3.52. The SMILES string of the molecule is CN1CCN(CCn2cnc(Cl)cc2=O)CC1. The minimum Gasteiger partial charge on any atom is -0.304 e. The number of rotatable bonds is 3. The van der Waals surface area contributed by atoms with Crippen LogP contribution in [0.1, 0.15) is 0 Å². The van der Waals surface area contributed by atoms with Gasteiger partial charge in [0.15, 0.2) is 0 Å². The van der Waals surface area contributed by atoms with Crippen LogP contribution in [-0.2, 0) is 6.54 Å². The number of halogens is 1. The zero-order valence-corrected chi connectivity index (χ0v) is 10.7. The maximum Gasteiger partial charge on any atom is 0.254 e. The summed E-state index contributed by atoms with van der Waals surface area (Å²) in [5.41, 5.74) is -0.0841. The molecule has 1 aromatic heterocycles. The predicted molar refractivity (Wildman–Crippen MR) is 67.4 cm³/mol. The normalized spacial score (nSPS) is 18.5. The first-order chi connectivity index (χ1) is 8.15. The molecule has 0 amide bonds. The summed E-state index contributed by atoms with van der Waals surface area (Å²) in [7, 11) is 2.13. The fourth-order valence-electron chi connectivity index (χ4n) is 1.89. The van der Waals surface area contributed by atoms with Crippen molar-refractivity contribution >= 4 is 11.6 Å². The fraction of sp³-hybridized carbons (Fsp3) is 0.636. The van der Waals surface area contributed by atoms with Gasteiger partial charge in [-0.05, 0) is 7.05 Å². The summed E-state index contributed by atoms with van der Waals surface area (Å²) in [4.78, 5) is 20.2. The summed E-state index contributed by atoms with van der Waals surface area (Å²) in [5.74, 6) is 0. The molecule has 1 aliphatic heterocycles. The van der Waals surface area contributed by atoms with Crippen molar-refractivity contribution < 1.29 is 0 Å². The molecule has 1 aliphatic rings. The molecule has 2 heterocycles. The number of nitrogens with zero attached hydrogens (tertiary/aromatic N) is 4. The summed E-state index contributed by atoms with van der Waals surface area (Å²) in [6, 6.07) is 1.35. The first-order valence-corrected chi connectivity index (χ1v) is 6.16. The standard InChI is InChI=1S/C11H17ClN4O/c1-14-2-4-15(5-3-14)6-7-16-9-13-10(12)8-11(16)17/h8-9H,2-7H2,1H3. The maximum absolute atomic E-state index is 11.6. The Bertz CT molecular complexity index is 426. The van der Waals surface area contributed by atoms with E-state index in [1.807, 2.05) is 0 Å². The highest BCUT2D eigenvalue weighted by atomic mass is 35.5. The van der Waals surface area contributed by atoms with Gasteiger partial charge in [-0.1, -0.05) is 11.6 Å². The van der Waals surface area contributed by atoms with Gasteiger partial charge < -0.3 is 4.90 Å². The van der Waals surface area contributed by atoms with E-state index in [4.69, 9.17) is 11.6 Å². The predicted octanol–water partition coefficient (Wildman–Crippen LogP) is 0.144. The fourth-order valence-corrected chi connectivity index (χ4v) is 2.03. The average Bonchev–Trinajstić information content (AvgIpc) is 2.30. The van der Waals surface area contributed by atoms with E-state index in [1.165, 1.54) is 12.4 Å². The van der Waals surface area contributed by atoms with Gasteiger partial charge in [0, 0.05) is 45.3 Å². The molecule has 1 fully saturated rings. The Kier molecular flexibility index (Phi) is 4.15. The van der Waals surface area contributed by atoms with Crippen LogP contribution in [0.5, 0.6) is 0 Å². The lowest BCUT2D eigenvalue weighted by molar-refractivity contribution is 0.149. The molecule has 1 aromatic rings. The zero-order valence-electron chi connectivity index (χ0n) is 9.97. The van der Waals surface area contributed by atoms with E-state index in [9.17, 15) is 4.79 Å². The molecule has 0 bridgehead atoms. The van der Waals surface area contributed by atoms with Crippen molar-refractivity contribution in [1.82, 2.24) is 19.4 Å². The molecule has 5 nitrogen and oxygen atoms in total. The summed E-state index contributed by atoms with van der Waals surface area (Å²) in [6.07, 6.45) is 1.51. The van der Waals surface area contributed by atoms with Crippen LogP contribution >= 0.6 is 11.6 Å². The number of aromatic nitrogens is 2. The molecule has 94 valence electrons. The summed E-state index contributed by atoms with van der Waals surface area (Å²) in [6.45, 7) is 5.86. The van der Waals surface area contributed by atoms with Gasteiger partial charge in [-0.2, -0.15) is 0 Å². The number of likely N-dealkylation sites (N-methyl/N-ethyl adjacent to an activating group) is 1. The van der Waals surface area contributed by atoms with Crippen LogP contribution < -0.4 is 5.56 Å². The Morgan fingerprint density at radius 1 is 1.29 bits per heavy atom. The molecule has 0 aliphatic carbocycles. The summed E-state index contributed by atoms with van der Waals surface area (Å²) >= 11 is 5.64. The lowest BCUT2D eigenvalue weighted by atomic mass is 10.3. The molecule has 0 aromatic carbocycles. The lowest BCUT2D eigenvalue weighted by Gasteiger charge is -2.32. The van der Waals surface area contributed by atoms with Crippen molar-refractivity contribution in [3.63, 3.8) is 0 Å². The van der Waals surface area contributed by atoms with Gasteiger partial charge in [0.05, 0.1) is 6.33 Å². The van der Waals surface area contributed by atoms with E-state index in [-0.39, 0.29) is 10.7 Å². The first kappa shape index (κ1) is 12.5. The highest BCUT2D eigenvalue weighted by Gasteiger charge is 2.13. The highest BCUT2D eigenvalue weighted by Crippen LogP contribution is 2.00. The minimum atomic E-state index is -0.0841. The smallest absolute Gasteiger partial charge is 0.254 e. The molecule has 6 heteroatoms. The topological polar surface area (TPSA) is 41.4 Å². The molecule has 0 spiro atoms. The van der Waals surface area contributed by atoms with Gasteiger partial charge in [-0.25, -0.2) is 4.98 Å². The van der Waals surface area contributed by atoms with Crippen molar-refractivity contribution in [2.45, 2.75) is 6.54 Å². The molecule has 0 saturated carbocycles. The van der Waals surface area contributed by atoms with E-state index in [0.717, 1.165) is 32.7 Å². The van der Waals surface area contributed by atoms with E-state index in [1.54, 1.807) is 4.57 Å². The molecule has 0 N–H and O–H groups in total. The molecular weight excluding hydrogens is 240 g/mol. The molecule has 0 radical (unpaired) electrons. The van der Waals surface area contributed by atoms with E-state index >= 15 is 0 Å². The molecule has 1 saturated heterocycles. The highest BCUT2D eigenvalue weighted by molar-refractivity contribution is 6.29. The number of hydrogen-bond acceptors (Lipinski definition) is 4. The first-order valence-electron chi connectivity index (χ1n) is 5.78. The molecule has 17 heavy (non-hydrogen) atoms. The van der Waals surface area contributed by atoms with Crippen molar-refractivity contribution in [2.75, 3.05) is 39.8 Å². The zero-order chi connectivity index (χ0) is 12.3. The quantitative estimate of drug-likeness (QED) is 0.722. The average molecular weight is 257 g/mol. The van der Waals surface area contributed by atoms with Crippen LogP contribution in [0.2, 0.25) is 5.15 Å². The third-order valence-corrected chi connectivity index (χ3v) is 3.31. The van der Waals surface area contributed by atoms with Crippen LogP contribution in [0.25, 0.3) is 0 Å². The Labute approximate surface area is 106 Å². The summed E-state index contributed by atoms with van der Waals surface area (Å²) in [5, 5.41) is 0.255. The van der Waals surface area contributed by atoms with Crippen LogP contribution in [0.4, 0.5) is 0 Å². The van der Waals surface area contributed by atoms with Gasteiger partial charge in [0.1, 0.15) is 5.15 Å². The molecular formula is C11H17ClN4O. The molecule has 0 atom stereocenters. The molecule has 2 rings (SSSR count). The Balaban J connectivity index is 1.87. The van der Waals surface area contributed by atoms with Crippen molar-refractivity contribution in [3.05, 3.63) is 27.9 Å². The van der Waals surface area contributed by atoms with Crippen LogP contribution in [0, 0.1) is 0 Å². The second-order valence-corrected chi connectivity index (χ2v) is 4.78. The van der Waals surface area contributed by atoms with Gasteiger partial charge in [-0.3, -0.25) is 14.3 Å². The Hall–Kier alpha value is -0.910. The van der Waals surface area contributed by atoms with E-state index in [2.05, 4.69) is 21.8 Å². The number of piperazine rings is 1. The largest absolute Gasteiger partial charge is 0.304 e. The van der Waals surface area contributed by atoms with Gasteiger partial charge >= 0.3 is 0 Å². The second-order valence-electron chi connectivity index (χ2n) is 4.39. The van der Waals surface area contributed by atoms with Crippen LogP contribution in [0.15, 0.2) is 17.2 Å². The van der Waals surface area contributed by atoms with Gasteiger partial charge in [-0.15, -0.1) is 0 Å². The monoisotopic (exact) mass is 256 g/mol. The van der Waals surface area contributed by atoms with E-state index in [0.29, 0.717) is 6.54 Å². The van der Waals surface area contributed by atoms with Crippen LogP contribution in [0.3, 0.4) is 0 Å². The maximum atomic E-state index is 11.6. The lowest BCUT2D eigenvalue weighted by Crippen LogP contribution is -2.45. The van der Waals surface area contributed by atoms with Crippen molar-refractivity contribution in [2.24, 2.45) is 0 Å². The minimum absolute atomic E-state index is 0.0841. The Morgan fingerprint density at radius 2 is 2.00 bits per heavy atom. The number of hydrogen-bond donors (Lipinski definition) is 0. The summed E-state index contributed by atoms with van der Waals surface area (Å²) < 4.78 is 1.60. The van der Waals surface area contributed by atoms with Crippen molar-refractivity contribution in [1.29, 1.82) is 0 Å². The van der Waals surface area contributed by atoms with Gasteiger partial charge in [0.2, 0.25) is 0 Å². The van der Waals surface area contributed by atoms with Crippen molar-refractivity contribution in [3.8, 4) is 0 Å². The third-order valence-electron chi connectivity index (χ3n) is 3.10. The molecule has 0 unspecified atom stereocenters. The second kappa shape index (κ2) is 5.62.